The van der Waals surface area contributed by atoms with Crippen LogP contribution in [0.5, 0.6) is 0 Å². The minimum absolute atomic E-state index is 0.125. The fraction of sp³-hybridized carbons (Fsp3) is 0.750. The Morgan fingerprint density at radius 2 is 1.20 bits per heavy atom. The highest BCUT2D eigenvalue weighted by Gasteiger charge is 2.42. The third kappa shape index (κ3) is 6.65. The van der Waals surface area contributed by atoms with Crippen LogP contribution in [0.4, 0.5) is 0 Å². The van der Waals surface area contributed by atoms with Gasteiger partial charge in [-0.05, 0) is 50.1 Å². The summed E-state index contributed by atoms with van der Waals surface area (Å²) in [6, 6.07) is 0. The lowest BCUT2D eigenvalue weighted by Crippen LogP contribution is -2.37. The van der Waals surface area contributed by atoms with Crippen molar-refractivity contribution in [1.29, 1.82) is 0 Å². The van der Waals surface area contributed by atoms with Crippen LogP contribution in [-0.4, -0.2) is 23.3 Å². The Morgan fingerprint density at radius 1 is 0.733 bits per heavy atom. The summed E-state index contributed by atoms with van der Waals surface area (Å²) in [6.07, 6.45) is 14.8. The second-order valence-corrected chi connectivity index (χ2v) is 12.3. The van der Waals surface area contributed by atoms with Crippen molar-refractivity contribution >= 4 is 55.0 Å². The molecule has 0 saturated heterocycles. The molecule has 2 amide bonds. The fourth-order valence-electron chi connectivity index (χ4n) is 4.61. The van der Waals surface area contributed by atoms with Crippen molar-refractivity contribution in [2.24, 2.45) is 11.8 Å². The zero-order valence-electron chi connectivity index (χ0n) is 18.8. The zero-order chi connectivity index (χ0) is 22.1. The van der Waals surface area contributed by atoms with Gasteiger partial charge in [-0.1, -0.05) is 91.4 Å². The molecule has 6 heteroatoms. The van der Waals surface area contributed by atoms with Gasteiger partial charge in [-0.2, -0.15) is 0 Å². The summed E-state index contributed by atoms with van der Waals surface area (Å²) in [5, 5.41) is 0. The molecule has 0 saturated carbocycles. The van der Waals surface area contributed by atoms with Gasteiger partial charge in [0.05, 0.1) is 18.7 Å². The van der Waals surface area contributed by atoms with Crippen molar-refractivity contribution in [3.05, 3.63) is 18.7 Å². The van der Waals surface area contributed by atoms with Crippen LogP contribution >= 0.6 is 43.2 Å². The lowest BCUT2D eigenvalue weighted by atomic mass is 9.82. The van der Waals surface area contributed by atoms with E-state index < -0.39 is 0 Å². The van der Waals surface area contributed by atoms with E-state index in [0.717, 1.165) is 20.4 Å². The number of imide groups is 1. The summed E-state index contributed by atoms with van der Waals surface area (Å²) in [5.74, 6) is 0.732. The number of rotatable bonds is 15. The van der Waals surface area contributed by atoms with E-state index in [1.165, 1.54) is 80.4 Å². The van der Waals surface area contributed by atoms with Gasteiger partial charge in [0, 0.05) is 6.54 Å². The topological polar surface area (TPSA) is 37.4 Å². The number of amides is 2. The van der Waals surface area contributed by atoms with E-state index in [1.807, 2.05) is 0 Å². The molecule has 1 aromatic heterocycles. The lowest BCUT2D eigenvalue weighted by molar-refractivity contribution is 0.0597. The Hall–Kier alpha value is -0.200. The van der Waals surface area contributed by atoms with E-state index >= 15 is 0 Å². The lowest BCUT2D eigenvalue weighted by Gasteiger charge is -2.30. The molecule has 170 valence electrons. The highest BCUT2D eigenvalue weighted by Crippen LogP contribution is 2.42. The molecule has 0 N–H and O–H groups in total. The van der Waals surface area contributed by atoms with Crippen molar-refractivity contribution in [3.63, 3.8) is 0 Å². The Labute approximate surface area is 203 Å². The van der Waals surface area contributed by atoms with Gasteiger partial charge in [0.1, 0.15) is 0 Å². The number of carbonyl (C=O) groups excluding carboxylic acids is 2. The molecule has 30 heavy (non-hydrogen) atoms. The molecule has 2 unspecified atom stereocenters. The quantitative estimate of drug-likeness (QED) is 0.158. The molecular weight excluding hydrogens is 526 g/mol. The van der Waals surface area contributed by atoms with Crippen molar-refractivity contribution < 1.29 is 9.59 Å². The minimum Gasteiger partial charge on any atom is -0.274 e. The van der Waals surface area contributed by atoms with E-state index in [1.54, 1.807) is 0 Å². The molecule has 1 aromatic rings. The second kappa shape index (κ2) is 13.4. The first kappa shape index (κ1) is 26.1. The fourth-order valence-corrected chi connectivity index (χ4v) is 7.71. The monoisotopic (exact) mass is 561 g/mol. The average molecular weight is 563 g/mol. The number of fused-ring (bicyclic) bond motifs is 1. The van der Waals surface area contributed by atoms with Gasteiger partial charge in [0.2, 0.25) is 0 Å². The Morgan fingerprint density at radius 3 is 1.70 bits per heavy atom. The molecule has 0 aliphatic carbocycles. The molecule has 0 spiro atoms. The highest BCUT2D eigenvalue weighted by molar-refractivity contribution is 9.12. The number of hydrogen-bond acceptors (Lipinski definition) is 3. The first-order chi connectivity index (χ1) is 14.5. The molecule has 3 nitrogen and oxygen atoms in total. The summed E-state index contributed by atoms with van der Waals surface area (Å²) in [4.78, 5) is 27.6. The summed E-state index contributed by atoms with van der Waals surface area (Å²) in [6.45, 7) is 7.32. The maximum atomic E-state index is 13.1. The Kier molecular flexibility index (Phi) is 11.6. The maximum absolute atomic E-state index is 13.1. The van der Waals surface area contributed by atoms with Crippen molar-refractivity contribution in [1.82, 2.24) is 4.90 Å². The third-order valence-electron chi connectivity index (χ3n) is 6.46. The zero-order valence-corrected chi connectivity index (χ0v) is 22.8. The number of carbonyl (C=O) groups is 2. The van der Waals surface area contributed by atoms with Gasteiger partial charge in [0.15, 0.2) is 0 Å². The average Bonchev–Trinajstić information content (AvgIpc) is 3.16. The molecular formula is C24H37Br2NO2S. The molecule has 0 bridgehead atoms. The molecule has 0 aromatic carbocycles. The van der Waals surface area contributed by atoms with E-state index in [-0.39, 0.29) is 11.8 Å². The molecule has 2 atom stereocenters. The van der Waals surface area contributed by atoms with Gasteiger partial charge in [0.25, 0.3) is 11.8 Å². The SMILES string of the molecule is CCCCCCCC(CC)C(CCCCCC)CN1C(=O)c2c(Br)sc(Br)c2C1=O. The summed E-state index contributed by atoms with van der Waals surface area (Å²) >= 11 is 8.36. The Bertz CT molecular complexity index is 667. The largest absolute Gasteiger partial charge is 0.274 e. The second-order valence-electron chi connectivity index (χ2n) is 8.60. The van der Waals surface area contributed by atoms with Crippen LogP contribution in [-0.2, 0) is 0 Å². The predicted octanol–water partition coefficient (Wildman–Crippen LogP) is 8.84. The number of nitrogens with zero attached hydrogens (tertiary/aromatic N) is 1. The highest BCUT2D eigenvalue weighted by atomic mass is 79.9. The van der Waals surface area contributed by atoms with Gasteiger partial charge in [-0.15, -0.1) is 11.3 Å². The summed E-state index contributed by atoms with van der Waals surface area (Å²) < 4.78 is 1.51. The normalized spacial score (nSPS) is 15.7. The van der Waals surface area contributed by atoms with Crippen LogP contribution in [0.2, 0.25) is 0 Å². The number of unbranched alkanes of at least 4 members (excludes halogenated alkanes) is 7. The first-order valence-corrected chi connectivity index (χ1v) is 14.2. The first-order valence-electron chi connectivity index (χ1n) is 11.8. The standard InChI is InChI=1S/C24H37Br2NO2S/c1-4-7-9-11-13-14-17(6-3)18(15-12-10-8-5-2)16-27-23(28)19-20(24(27)29)22(26)30-21(19)25/h17-18H,4-16H2,1-3H3. The van der Waals surface area contributed by atoms with Crippen LogP contribution in [0.25, 0.3) is 0 Å². The third-order valence-corrected chi connectivity index (χ3v) is 8.99. The van der Waals surface area contributed by atoms with E-state index in [4.69, 9.17) is 0 Å². The van der Waals surface area contributed by atoms with Crippen molar-refractivity contribution in [2.45, 2.75) is 97.8 Å². The van der Waals surface area contributed by atoms with Crippen LogP contribution in [0.3, 0.4) is 0 Å². The smallest absolute Gasteiger partial charge is 0.263 e. The van der Waals surface area contributed by atoms with Crippen LogP contribution in [0.1, 0.15) is 119 Å². The molecule has 2 rings (SSSR count). The maximum Gasteiger partial charge on any atom is 0.263 e. The minimum atomic E-state index is -0.125. The summed E-state index contributed by atoms with van der Waals surface area (Å²) in [5.41, 5.74) is 1.10. The number of hydrogen-bond donors (Lipinski definition) is 0. The van der Waals surface area contributed by atoms with E-state index in [2.05, 4.69) is 52.6 Å². The van der Waals surface area contributed by atoms with Gasteiger partial charge in [-0.3, -0.25) is 14.5 Å². The molecule has 0 radical (unpaired) electrons. The van der Waals surface area contributed by atoms with Gasteiger partial charge in [-0.25, -0.2) is 0 Å². The molecule has 0 fully saturated rings. The van der Waals surface area contributed by atoms with Crippen molar-refractivity contribution in [3.8, 4) is 0 Å². The van der Waals surface area contributed by atoms with Crippen LogP contribution in [0.15, 0.2) is 7.57 Å². The summed E-state index contributed by atoms with van der Waals surface area (Å²) in [7, 11) is 0. The van der Waals surface area contributed by atoms with Crippen LogP contribution < -0.4 is 0 Å². The van der Waals surface area contributed by atoms with Gasteiger partial charge >= 0.3 is 0 Å². The van der Waals surface area contributed by atoms with Crippen LogP contribution in [0, 0.1) is 11.8 Å². The van der Waals surface area contributed by atoms with E-state index in [0.29, 0.717) is 29.5 Å². The Balaban J connectivity index is 2.07. The van der Waals surface area contributed by atoms with Crippen molar-refractivity contribution in [2.75, 3.05) is 6.54 Å². The van der Waals surface area contributed by atoms with E-state index in [9.17, 15) is 9.59 Å². The predicted molar refractivity (Wildman–Crippen MR) is 134 cm³/mol. The van der Waals surface area contributed by atoms with Gasteiger partial charge < -0.3 is 0 Å². The molecule has 1 aliphatic rings. The molecule has 1 aliphatic heterocycles. The number of halogens is 2. The number of thiophene rings is 1. The molecule has 2 heterocycles.